The lowest BCUT2D eigenvalue weighted by Gasteiger charge is -2.06. The maximum atomic E-state index is 10.6. The Kier molecular flexibility index (Phi) is 5.95. The quantitative estimate of drug-likeness (QED) is 0.643. The largest absolute Gasteiger partial charge is 0.481 e. The molecule has 0 spiro atoms. The first-order valence-electron chi connectivity index (χ1n) is 5.40. The fourth-order valence-corrected chi connectivity index (χ4v) is 1.58. The van der Waals surface area contributed by atoms with Gasteiger partial charge in [0, 0.05) is 12.0 Å². The van der Waals surface area contributed by atoms with Crippen molar-refractivity contribution in [2.75, 3.05) is 6.61 Å². The lowest BCUT2D eigenvalue weighted by Crippen LogP contribution is -2.06. The number of oxime groups is 1. The van der Waals surface area contributed by atoms with Crippen molar-refractivity contribution in [1.29, 1.82) is 0 Å². The van der Waals surface area contributed by atoms with Crippen molar-refractivity contribution < 1.29 is 14.7 Å². The van der Waals surface area contributed by atoms with Gasteiger partial charge in [-0.3, -0.25) is 4.79 Å². The Hall–Kier alpha value is -1.26. The molecule has 18 heavy (non-hydrogen) atoms. The Bertz CT molecular complexity index is 461. The van der Waals surface area contributed by atoms with Crippen LogP contribution in [0.4, 0.5) is 0 Å². The highest BCUT2D eigenvalue weighted by Gasteiger charge is 2.09. The summed E-state index contributed by atoms with van der Waals surface area (Å²) in [5.74, 6) is -0.890. The molecule has 4 nitrogen and oxygen atoms in total. The number of aliphatic carboxylic acids is 1. The average molecular weight is 290 g/mol. The molecule has 0 aromatic heterocycles. The van der Waals surface area contributed by atoms with Crippen LogP contribution >= 0.6 is 23.2 Å². The zero-order valence-electron chi connectivity index (χ0n) is 9.82. The molecular formula is C12H13Cl2NO3. The number of benzene rings is 1. The average Bonchev–Trinajstić information content (AvgIpc) is 2.33. The molecule has 0 unspecified atom stereocenters. The molecule has 0 aliphatic carbocycles. The number of carbonyl (C=O) groups is 1. The molecule has 6 heteroatoms. The normalized spacial score (nSPS) is 11.4. The zero-order chi connectivity index (χ0) is 13.5. The summed E-state index contributed by atoms with van der Waals surface area (Å²) in [5.41, 5.74) is 1.25. The van der Waals surface area contributed by atoms with Crippen LogP contribution < -0.4 is 0 Å². The van der Waals surface area contributed by atoms with Crippen LogP contribution in [0.2, 0.25) is 10.0 Å². The molecule has 0 fully saturated rings. The van der Waals surface area contributed by atoms with Gasteiger partial charge < -0.3 is 9.94 Å². The number of nitrogens with zero attached hydrogens (tertiary/aromatic N) is 1. The van der Waals surface area contributed by atoms with E-state index in [9.17, 15) is 4.79 Å². The van der Waals surface area contributed by atoms with E-state index in [0.717, 1.165) is 0 Å². The van der Waals surface area contributed by atoms with Gasteiger partial charge in [0.05, 0.1) is 22.2 Å². The van der Waals surface area contributed by atoms with Crippen LogP contribution in [0.5, 0.6) is 0 Å². The van der Waals surface area contributed by atoms with Crippen LogP contribution in [0.1, 0.15) is 25.3 Å². The highest BCUT2D eigenvalue weighted by atomic mass is 35.5. The monoisotopic (exact) mass is 289 g/mol. The molecule has 0 saturated heterocycles. The molecule has 0 bridgehead atoms. The van der Waals surface area contributed by atoms with Gasteiger partial charge in [0.15, 0.2) is 0 Å². The smallest absolute Gasteiger partial charge is 0.303 e. The van der Waals surface area contributed by atoms with Crippen LogP contribution in [0.15, 0.2) is 23.4 Å². The molecule has 0 aliphatic heterocycles. The van der Waals surface area contributed by atoms with Gasteiger partial charge >= 0.3 is 5.97 Å². The van der Waals surface area contributed by atoms with Gasteiger partial charge in [0.2, 0.25) is 0 Å². The Labute approximate surface area is 115 Å². The SMILES string of the molecule is CCON=C(CCC(=O)O)c1ccc(Cl)c(Cl)c1. The van der Waals surface area contributed by atoms with Gasteiger partial charge in [-0.1, -0.05) is 34.4 Å². The molecule has 0 amide bonds. The van der Waals surface area contributed by atoms with Crippen LogP contribution in [0, 0.1) is 0 Å². The summed E-state index contributed by atoms with van der Waals surface area (Å²) in [5, 5.41) is 13.4. The van der Waals surface area contributed by atoms with E-state index in [0.29, 0.717) is 27.9 Å². The Morgan fingerprint density at radius 1 is 1.33 bits per heavy atom. The maximum Gasteiger partial charge on any atom is 0.303 e. The number of halogens is 2. The fraction of sp³-hybridized carbons (Fsp3) is 0.333. The summed E-state index contributed by atoms with van der Waals surface area (Å²) in [6.45, 7) is 2.21. The van der Waals surface area contributed by atoms with Gasteiger partial charge in [-0.15, -0.1) is 0 Å². The van der Waals surface area contributed by atoms with Crippen LogP contribution in [-0.4, -0.2) is 23.4 Å². The van der Waals surface area contributed by atoms with Gasteiger partial charge in [-0.05, 0) is 19.1 Å². The second-order valence-electron chi connectivity index (χ2n) is 3.48. The standard InChI is InChI=1S/C12H13Cl2NO3/c1-2-18-15-11(5-6-12(16)17)8-3-4-9(13)10(14)7-8/h3-4,7H,2,5-6H2,1H3,(H,16,17). The Morgan fingerprint density at radius 2 is 2.06 bits per heavy atom. The third-order valence-corrected chi connectivity index (χ3v) is 2.87. The summed E-state index contributed by atoms with van der Waals surface area (Å²) < 4.78 is 0. The fourth-order valence-electron chi connectivity index (χ4n) is 1.29. The van der Waals surface area contributed by atoms with Crippen molar-refractivity contribution >= 4 is 34.9 Å². The minimum atomic E-state index is -0.890. The van der Waals surface area contributed by atoms with Crippen molar-refractivity contribution in [2.45, 2.75) is 19.8 Å². The van der Waals surface area contributed by atoms with E-state index in [1.54, 1.807) is 25.1 Å². The molecule has 0 atom stereocenters. The highest BCUT2D eigenvalue weighted by Crippen LogP contribution is 2.23. The van der Waals surface area contributed by atoms with Gasteiger partial charge in [-0.25, -0.2) is 0 Å². The lowest BCUT2D eigenvalue weighted by molar-refractivity contribution is -0.136. The number of hydrogen-bond acceptors (Lipinski definition) is 3. The third kappa shape index (κ3) is 4.55. The molecule has 1 aromatic rings. The van der Waals surface area contributed by atoms with Crippen molar-refractivity contribution in [3.63, 3.8) is 0 Å². The van der Waals surface area contributed by atoms with Crippen molar-refractivity contribution in [3.8, 4) is 0 Å². The van der Waals surface area contributed by atoms with Gasteiger partial charge in [0.25, 0.3) is 0 Å². The third-order valence-electron chi connectivity index (χ3n) is 2.13. The van der Waals surface area contributed by atoms with E-state index >= 15 is 0 Å². The zero-order valence-corrected chi connectivity index (χ0v) is 11.3. The number of carboxylic acids is 1. The van der Waals surface area contributed by atoms with Gasteiger partial charge in [0.1, 0.15) is 6.61 Å². The van der Waals surface area contributed by atoms with Crippen molar-refractivity contribution in [2.24, 2.45) is 5.16 Å². The molecular weight excluding hydrogens is 277 g/mol. The van der Waals surface area contributed by atoms with Crippen LogP contribution in [0.3, 0.4) is 0 Å². The molecule has 0 aliphatic rings. The minimum Gasteiger partial charge on any atom is -0.481 e. The first-order chi connectivity index (χ1) is 8.54. The van der Waals surface area contributed by atoms with Crippen LogP contribution in [-0.2, 0) is 9.63 Å². The first kappa shape index (κ1) is 14.8. The van der Waals surface area contributed by atoms with E-state index < -0.39 is 5.97 Å². The van der Waals surface area contributed by atoms with E-state index in [1.165, 1.54) is 0 Å². The second kappa shape index (κ2) is 7.24. The maximum absolute atomic E-state index is 10.6. The molecule has 0 saturated carbocycles. The Balaban J connectivity index is 2.93. The lowest BCUT2D eigenvalue weighted by atomic mass is 10.1. The summed E-state index contributed by atoms with van der Waals surface area (Å²) in [4.78, 5) is 15.6. The van der Waals surface area contributed by atoms with E-state index in [-0.39, 0.29) is 12.8 Å². The number of carboxylic acid groups (broad SMARTS) is 1. The first-order valence-corrected chi connectivity index (χ1v) is 6.16. The van der Waals surface area contributed by atoms with E-state index in [4.69, 9.17) is 33.1 Å². The predicted octanol–water partition coefficient (Wildman–Crippen LogP) is 3.60. The molecule has 98 valence electrons. The molecule has 1 rings (SSSR count). The Morgan fingerprint density at radius 3 is 2.61 bits per heavy atom. The summed E-state index contributed by atoms with van der Waals surface area (Å²) in [7, 11) is 0. The molecule has 1 N–H and O–H groups in total. The summed E-state index contributed by atoms with van der Waals surface area (Å²) in [6.07, 6.45) is 0.249. The molecule has 1 aromatic carbocycles. The summed E-state index contributed by atoms with van der Waals surface area (Å²) in [6, 6.07) is 5.01. The van der Waals surface area contributed by atoms with Crippen molar-refractivity contribution in [3.05, 3.63) is 33.8 Å². The minimum absolute atomic E-state index is 0.0217. The summed E-state index contributed by atoms with van der Waals surface area (Å²) >= 11 is 11.7. The van der Waals surface area contributed by atoms with E-state index in [1.807, 2.05) is 0 Å². The topological polar surface area (TPSA) is 58.9 Å². The predicted molar refractivity (Wildman–Crippen MR) is 71.5 cm³/mol. The highest BCUT2D eigenvalue weighted by molar-refractivity contribution is 6.42. The number of rotatable bonds is 6. The number of hydrogen-bond donors (Lipinski definition) is 1. The second-order valence-corrected chi connectivity index (χ2v) is 4.29. The van der Waals surface area contributed by atoms with Crippen molar-refractivity contribution in [1.82, 2.24) is 0 Å². The van der Waals surface area contributed by atoms with Crippen LogP contribution in [0.25, 0.3) is 0 Å². The van der Waals surface area contributed by atoms with Gasteiger partial charge in [-0.2, -0.15) is 0 Å². The molecule has 0 radical (unpaired) electrons. The van der Waals surface area contributed by atoms with E-state index in [2.05, 4.69) is 5.16 Å². The molecule has 0 heterocycles.